The van der Waals surface area contributed by atoms with Crippen molar-refractivity contribution in [3.8, 4) is 11.5 Å². The van der Waals surface area contributed by atoms with Crippen LogP contribution in [0, 0.1) is 11.8 Å². The summed E-state index contributed by atoms with van der Waals surface area (Å²) in [5.41, 5.74) is 2.61. The number of carbonyl (C=O) groups excluding carboxylic acids is 2. The van der Waals surface area contributed by atoms with Gasteiger partial charge in [-0.1, -0.05) is 32.6 Å². The second-order valence-corrected chi connectivity index (χ2v) is 9.98. The standard InChI is InChI=1S/C26H29NO5S/c1-14(2)13-32-26(30)23-15(3)27-18-10-17(22-6-5-9-33-22)11-20(29)25(18)24(23)16-7-8-19(28)21(12-16)31-4/h5-9,12,14,17,23-24,27-28H,3,10-11,13H2,1-2,4H3. The number of phenolic OH excluding ortho intramolecular Hbond substituents is 1. The van der Waals surface area contributed by atoms with Crippen molar-refractivity contribution < 1.29 is 24.2 Å². The van der Waals surface area contributed by atoms with Crippen molar-refractivity contribution in [3.63, 3.8) is 0 Å². The number of thiophene rings is 1. The fraction of sp³-hybridized carbons (Fsp3) is 0.385. The van der Waals surface area contributed by atoms with Crippen molar-refractivity contribution >= 4 is 23.1 Å². The third-order valence-electron chi connectivity index (χ3n) is 6.16. The highest BCUT2D eigenvalue weighted by Gasteiger charge is 2.45. The molecule has 3 unspecified atom stereocenters. The second-order valence-electron chi connectivity index (χ2n) is 9.00. The Morgan fingerprint density at radius 2 is 2.09 bits per heavy atom. The summed E-state index contributed by atoms with van der Waals surface area (Å²) < 4.78 is 10.9. The molecule has 2 heterocycles. The Balaban J connectivity index is 1.79. The number of benzene rings is 1. The van der Waals surface area contributed by atoms with E-state index in [2.05, 4.69) is 18.0 Å². The second kappa shape index (κ2) is 9.43. The molecule has 4 rings (SSSR count). The molecule has 33 heavy (non-hydrogen) atoms. The van der Waals surface area contributed by atoms with Crippen molar-refractivity contribution in [1.29, 1.82) is 0 Å². The van der Waals surface area contributed by atoms with Gasteiger partial charge in [-0.2, -0.15) is 0 Å². The quantitative estimate of drug-likeness (QED) is 0.589. The van der Waals surface area contributed by atoms with Crippen LogP contribution in [0.25, 0.3) is 0 Å². The normalized spacial score (nSPS) is 22.7. The molecular formula is C26H29NO5S. The number of aromatic hydroxyl groups is 1. The third kappa shape index (κ3) is 4.55. The number of esters is 1. The van der Waals surface area contributed by atoms with E-state index in [9.17, 15) is 14.7 Å². The average Bonchev–Trinajstić information content (AvgIpc) is 3.32. The molecule has 2 N–H and O–H groups in total. The van der Waals surface area contributed by atoms with Gasteiger partial charge in [0.05, 0.1) is 13.7 Å². The van der Waals surface area contributed by atoms with Crippen molar-refractivity contribution in [1.82, 2.24) is 5.32 Å². The summed E-state index contributed by atoms with van der Waals surface area (Å²) in [5.74, 6) is -1.19. The van der Waals surface area contributed by atoms with Gasteiger partial charge in [0.2, 0.25) is 0 Å². The summed E-state index contributed by atoms with van der Waals surface area (Å²) in [6.45, 7) is 8.38. The molecule has 0 fully saturated rings. The molecule has 1 aliphatic carbocycles. The van der Waals surface area contributed by atoms with E-state index >= 15 is 0 Å². The van der Waals surface area contributed by atoms with Crippen LogP contribution in [0.15, 0.2) is 59.3 Å². The molecule has 6 nitrogen and oxygen atoms in total. The largest absolute Gasteiger partial charge is 0.504 e. The van der Waals surface area contributed by atoms with Crippen LogP contribution in [0.2, 0.25) is 0 Å². The zero-order chi connectivity index (χ0) is 23.7. The first-order valence-corrected chi connectivity index (χ1v) is 12.0. The van der Waals surface area contributed by atoms with Crippen LogP contribution in [-0.2, 0) is 14.3 Å². The van der Waals surface area contributed by atoms with E-state index in [1.807, 2.05) is 25.3 Å². The summed E-state index contributed by atoms with van der Waals surface area (Å²) in [4.78, 5) is 27.9. The molecule has 7 heteroatoms. The van der Waals surface area contributed by atoms with Crippen molar-refractivity contribution in [2.75, 3.05) is 13.7 Å². The van der Waals surface area contributed by atoms with E-state index in [1.165, 1.54) is 18.1 Å². The van der Waals surface area contributed by atoms with Crippen LogP contribution in [0.4, 0.5) is 0 Å². The van der Waals surface area contributed by atoms with Gasteiger partial charge in [-0.05, 0) is 41.5 Å². The minimum Gasteiger partial charge on any atom is -0.504 e. The number of methoxy groups -OCH3 is 1. The molecule has 1 aliphatic heterocycles. The molecule has 0 radical (unpaired) electrons. The maximum absolute atomic E-state index is 13.5. The van der Waals surface area contributed by atoms with Gasteiger partial charge in [0.25, 0.3) is 0 Å². The van der Waals surface area contributed by atoms with E-state index in [0.29, 0.717) is 29.7 Å². The summed E-state index contributed by atoms with van der Waals surface area (Å²) in [7, 11) is 1.47. The molecule has 174 valence electrons. The van der Waals surface area contributed by atoms with Crippen LogP contribution < -0.4 is 10.1 Å². The van der Waals surface area contributed by atoms with Gasteiger partial charge in [-0.3, -0.25) is 9.59 Å². The van der Waals surface area contributed by atoms with E-state index in [4.69, 9.17) is 9.47 Å². The first kappa shape index (κ1) is 23.1. The summed E-state index contributed by atoms with van der Waals surface area (Å²) >= 11 is 1.65. The number of allylic oxidation sites excluding steroid dienone is 2. The molecule has 2 aliphatic rings. The molecule has 0 spiro atoms. The number of rotatable bonds is 6. The maximum atomic E-state index is 13.5. The van der Waals surface area contributed by atoms with E-state index in [0.717, 1.165) is 5.70 Å². The zero-order valence-electron chi connectivity index (χ0n) is 19.1. The first-order chi connectivity index (χ1) is 15.8. The summed E-state index contributed by atoms with van der Waals surface area (Å²) in [6.07, 6.45) is 1.05. The topological polar surface area (TPSA) is 84.9 Å². The number of carbonyl (C=O) groups is 2. The van der Waals surface area contributed by atoms with Gasteiger partial charge in [-0.25, -0.2) is 0 Å². The van der Waals surface area contributed by atoms with E-state index < -0.39 is 17.8 Å². The van der Waals surface area contributed by atoms with Gasteiger partial charge in [-0.15, -0.1) is 11.3 Å². The highest BCUT2D eigenvalue weighted by atomic mass is 32.1. The number of hydrogen-bond donors (Lipinski definition) is 2. The Kier molecular flexibility index (Phi) is 6.61. The minimum atomic E-state index is -0.765. The lowest BCUT2D eigenvalue weighted by molar-refractivity contribution is -0.149. The summed E-state index contributed by atoms with van der Waals surface area (Å²) in [5, 5.41) is 15.4. The van der Waals surface area contributed by atoms with Gasteiger partial charge < -0.3 is 19.9 Å². The average molecular weight is 468 g/mol. The first-order valence-electron chi connectivity index (χ1n) is 11.1. The lowest BCUT2D eigenvalue weighted by Gasteiger charge is -2.40. The Hall–Kier alpha value is -3.06. The number of hydrogen-bond acceptors (Lipinski definition) is 7. The Labute approximate surface area is 197 Å². The number of Topliss-reactive ketones (excluding diaryl/α,β-unsaturated/α-hetero) is 1. The van der Waals surface area contributed by atoms with Crippen LogP contribution >= 0.6 is 11.3 Å². The lowest BCUT2D eigenvalue weighted by atomic mass is 9.69. The van der Waals surface area contributed by atoms with Crippen LogP contribution in [0.5, 0.6) is 11.5 Å². The van der Waals surface area contributed by atoms with Crippen LogP contribution in [-0.4, -0.2) is 30.6 Å². The lowest BCUT2D eigenvalue weighted by Crippen LogP contribution is -2.42. The fourth-order valence-electron chi connectivity index (χ4n) is 4.64. The van der Waals surface area contributed by atoms with Gasteiger partial charge in [0.1, 0.15) is 5.92 Å². The molecule has 1 aromatic heterocycles. The Morgan fingerprint density at radius 3 is 2.76 bits per heavy atom. The third-order valence-corrected chi connectivity index (χ3v) is 7.20. The predicted molar refractivity (Wildman–Crippen MR) is 127 cm³/mol. The number of ether oxygens (including phenoxy) is 2. The van der Waals surface area contributed by atoms with Crippen molar-refractivity contribution in [2.24, 2.45) is 11.8 Å². The fourth-order valence-corrected chi connectivity index (χ4v) is 5.47. The molecule has 0 bridgehead atoms. The number of phenols is 1. The van der Waals surface area contributed by atoms with Crippen LogP contribution in [0.3, 0.4) is 0 Å². The number of ketones is 1. The number of nitrogens with one attached hydrogen (secondary N) is 1. The highest BCUT2D eigenvalue weighted by Crippen LogP contribution is 2.48. The van der Waals surface area contributed by atoms with E-state index in [-0.39, 0.29) is 35.7 Å². The highest BCUT2D eigenvalue weighted by molar-refractivity contribution is 7.10. The van der Waals surface area contributed by atoms with Gasteiger partial charge in [0.15, 0.2) is 17.3 Å². The molecule has 0 amide bonds. The predicted octanol–water partition coefficient (Wildman–Crippen LogP) is 4.88. The molecular weight excluding hydrogens is 438 g/mol. The minimum absolute atomic E-state index is 0.00474. The summed E-state index contributed by atoms with van der Waals surface area (Å²) in [6, 6.07) is 8.99. The van der Waals surface area contributed by atoms with Crippen LogP contribution in [0.1, 0.15) is 49.0 Å². The molecule has 2 aromatic rings. The molecule has 3 atom stereocenters. The van der Waals surface area contributed by atoms with Crippen molar-refractivity contribution in [2.45, 2.75) is 38.5 Å². The zero-order valence-corrected chi connectivity index (χ0v) is 19.9. The van der Waals surface area contributed by atoms with Gasteiger partial charge >= 0.3 is 5.97 Å². The Bertz CT molecular complexity index is 1100. The molecule has 0 saturated carbocycles. The molecule has 0 saturated heterocycles. The molecule has 1 aromatic carbocycles. The smallest absolute Gasteiger partial charge is 0.315 e. The van der Waals surface area contributed by atoms with Gasteiger partial charge in [0, 0.05) is 40.1 Å². The SMILES string of the molecule is C=C1NC2=C(C(=O)CC(c3cccs3)C2)C(c2ccc(O)c(OC)c2)C1C(=O)OCC(C)C. The van der Waals surface area contributed by atoms with Crippen molar-refractivity contribution in [3.05, 3.63) is 69.7 Å². The Morgan fingerprint density at radius 1 is 1.30 bits per heavy atom. The maximum Gasteiger partial charge on any atom is 0.315 e. The van der Waals surface area contributed by atoms with E-state index in [1.54, 1.807) is 23.5 Å². The monoisotopic (exact) mass is 467 g/mol.